The first-order chi connectivity index (χ1) is 14.5. The van der Waals surface area contributed by atoms with Gasteiger partial charge in [-0.3, -0.25) is 14.5 Å². The number of anilines is 1. The Kier molecular flexibility index (Phi) is 6.48. The van der Waals surface area contributed by atoms with E-state index in [0.717, 1.165) is 50.6 Å². The molecule has 3 N–H and O–H groups in total. The molecular formula is C21H21ClN4O2S2. The van der Waals surface area contributed by atoms with Crippen LogP contribution < -0.4 is 11.1 Å². The minimum atomic E-state index is -0.274. The van der Waals surface area contributed by atoms with Gasteiger partial charge < -0.3 is 11.1 Å². The average molecular weight is 461 g/mol. The molecule has 1 aromatic carbocycles. The third kappa shape index (κ3) is 5.07. The number of primary amides is 1. The molecule has 0 bridgehead atoms. The number of hydrogen-bond donors (Lipinski definition) is 2. The van der Waals surface area contributed by atoms with Crippen molar-refractivity contribution in [2.45, 2.75) is 31.8 Å². The smallest absolute Gasteiger partial charge is 0.234 e. The number of nitrogens with two attached hydrogens (primary N) is 1. The van der Waals surface area contributed by atoms with Crippen LogP contribution in [0.4, 0.5) is 5.69 Å². The number of rotatable bonds is 7. The SMILES string of the molecule is NC(=O)[C@@H]1CCCN1Cc1cccc(NC(=O)Cc2csc(-c3ccc(Cl)s3)n2)c1. The summed E-state index contributed by atoms with van der Waals surface area (Å²) in [6, 6.07) is 11.3. The van der Waals surface area contributed by atoms with Crippen molar-refractivity contribution in [1.29, 1.82) is 0 Å². The predicted molar refractivity (Wildman–Crippen MR) is 122 cm³/mol. The Balaban J connectivity index is 1.36. The summed E-state index contributed by atoms with van der Waals surface area (Å²) in [5.74, 6) is -0.395. The molecule has 0 unspecified atom stereocenters. The topological polar surface area (TPSA) is 88.3 Å². The van der Waals surface area contributed by atoms with Gasteiger partial charge in [0.2, 0.25) is 11.8 Å². The van der Waals surface area contributed by atoms with E-state index in [2.05, 4.69) is 15.2 Å². The molecule has 9 heteroatoms. The zero-order valence-electron chi connectivity index (χ0n) is 16.1. The fraction of sp³-hybridized carbons (Fsp3) is 0.286. The molecule has 6 nitrogen and oxygen atoms in total. The van der Waals surface area contributed by atoms with Crippen LogP contribution in [-0.4, -0.2) is 34.3 Å². The number of thiophene rings is 1. The van der Waals surface area contributed by atoms with Crippen molar-refractivity contribution in [3.8, 4) is 9.88 Å². The first-order valence-electron chi connectivity index (χ1n) is 9.60. The Labute approximate surface area is 187 Å². The van der Waals surface area contributed by atoms with Crippen molar-refractivity contribution in [2.24, 2.45) is 5.73 Å². The second kappa shape index (κ2) is 9.26. The molecule has 0 radical (unpaired) electrons. The van der Waals surface area contributed by atoms with Crippen LogP contribution in [0.25, 0.3) is 9.88 Å². The molecule has 156 valence electrons. The average Bonchev–Trinajstić information content (AvgIpc) is 3.43. The van der Waals surface area contributed by atoms with E-state index in [1.807, 2.05) is 41.8 Å². The van der Waals surface area contributed by atoms with Gasteiger partial charge >= 0.3 is 0 Å². The number of likely N-dealkylation sites (tertiary alicyclic amines) is 1. The summed E-state index contributed by atoms with van der Waals surface area (Å²) in [4.78, 5) is 31.7. The number of halogens is 1. The molecule has 1 fully saturated rings. The first-order valence-corrected chi connectivity index (χ1v) is 11.7. The van der Waals surface area contributed by atoms with E-state index in [0.29, 0.717) is 6.54 Å². The van der Waals surface area contributed by atoms with E-state index in [9.17, 15) is 9.59 Å². The number of nitrogens with one attached hydrogen (secondary N) is 1. The molecule has 3 aromatic rings. The highest BCUT2D eigenvalue weighted by Crippen LogP contribution is 2.33. The van der Waals surface area contributed by atoms with Crippen LogP contribution in [0.1, 0.15) is 24.1 Å². The molecule has 0 spiro atoms. The Morgan fingerprint density at radius 2 is 2.17 bits per heavy atom. The van der Waals surface area contributed by atoms with Crippen LogP contribution in [0, 0.1) is 0 Å². The van der Waals surface area contributed by atoms with Gasteiger partial charge in [-0.25, -0.2) is 4.98 Å². The summed E-state index contributed by atoms with van der Waals surface area (Å²) in [7, 11) is 0. The van der Waals surface area contributed by atoms with Crippen molar-refractivity contribution in [3.05, 3.63) is 57.4 Å². The first kappa shape index (κ1) is 21.0. The second-order valence-electron chi connectivity index (χ2n) is 7.20. The van der Waals surface area contributed by atoms with E-state index in [1.165, 1.54) is 22.7 Å². The quantitative estimate of drug-likeness (QED) is 0.554. The largest absolute Gasteiger partial charge is 0.368 e. The van der Waals surface area contributed by atoms with Crippen LogP contribution in [0.5, 0.6) is 0 Å². The molecule has 1 saturated heterocycles. The van der Waals surface area contributed by atoms with Gasteiger partial charge in [0.15, 0.2) is 0 Å². The fourth-order valence-electron chi connectivity index (χ4n) is 3.62. The summed E-state index contributed by atoms with van der Waals surface area (Å²) in [6.45, 7) is 1.49. The molecule has 4 rings (SSSR count). The number of aromatic nitrogens is 1. The van der Waals surface area contributed by atoms with Crippen molar-refractivity contribution in [1.82, 2.24) is 9.88 Å². The maximum Gasteiger partial charge on any atom is 0.234 e. The summed E-state index contributed by atoms with van der Waals surface area (Å²) in [6.07, 6.45) is 1.98. The highest BCUT2D eigenvalue weighted by molar-refractivity contribution is 7.23. The van der Waals surface area contributed by atoms with E-state index < -0.39 is 0 Å². The van der Waals surface area contributed by atoms with Gasteiger partial charge in [0.25, 0.3) is 0 Å². The van der Waals surface area contributed by atoms with Gasteiger partial charge in [0, 0.05) is 17.6 Å². The van der Waals surface area contributed by atoms with E-state index >= 15 is 0 Å². The fourth-order valence-corrected chi connectivity index (χ4v) is 5.55. The molecule has 30 heavy (non-hydrogen) atoms. The molecular weight excluding hydrogens is 440 g/mol. The second-order valence-corrected chi connectivity index (χ2v) is 9.78. The molecule has 0 saturated carbocycles. The standard InChI is InChI=1S/C21H21ClN4O2S2/c22-18-7-6-17(30-18)21-25-15(12-29-21)10-19(27)24-14-4-1-3-13(9-14)11-26-8-2-5-16(26)20(23)28/h1,3-4,6-7,9,12,16H,2,5,8,10-11H2,(H2,23,28)(H,24,27)/t16-/m0/s1. The minimum absolute atomic E-state index is 0.121. The highest BCUT2D eigenvalue weighted by Gasteiger charge is 2.28. The number of carbonyl (C=O) groups is 2. The lowest BCUT2D eigenvalue weighted by Gasteiger charge is -2.22. The molecule has 3 heterocycles. The van der Waals surface area contributed by atoms with Gasteiger partial charge in [-0.2, -0.15) is 0 Å². The molecule has 0 aliphatic carbocycles. The van der Waals surface area contributed by atoms with Gasteiger partial charge in [-0.15, -0.1) is 22.7 Å². The van der Waals surface area contributed by atoms with Crippen LogP contribution in [-0.2, 0) is 22.6 Å². The normalized spacial score (nSPS) is 16.6. The summed E-state index contributed by atoms with van der Waals surface area (Å²) in [5, 5.41) is 5.71. The van der Waals surface area contributed by atoms with E-state index in [-0.39, 0.29) is 24.3 Å². The lowest BCUT2D eigenvalue weighted by atomic mass is 10.1. The van der Waals surface area contributed by atoms with Crippen LogP contribution >= 0.6 is 34.3 Å². The number of benzene rings is 1. The van der Waals surface area contributed by atoms with Crippen LogP contribution in [0.2, 0.25) is 4.34 Å². The third-order valence-electron chi connectivity index (χ3n) is 4.97. The lowest BCUT2D eigenvalue weighted by Crippen LogP contribution is -2.39. The maximum atomic E-state index is 12.5. The summed E-state index contributed by atoms with van der Waals surface area (Å²) >= 11 is 8.96. The number of hydrogen-bond acceptors (Lipinski definition) is 6. The van der Waals surface area contributed by atoms with Crippen LogP contribution in [0.3, 0.4) is 0 Å². The minimum Gasteiger partial charge on any atom is -0.368 e. The maximum absolute atomic E-state index is 12.5. The Bertz CT molecular complexity index is 1060. The van der Waals surface area contributed by atoms with Gasteiger partial charge in [0.1, 0.15) is 5.01 Å². The van der Waals surface area contributed by atoms with E-state index in [1.54, 1.807) is 0 Å². The molecule has 2 aromatic heterocycles. The Morgan fingerprint density at radius 3 is 2.93 bits per heavy atom. The third-order valence-corrected chi connectivity index (χ3v) is 7.26. The zero-order valence-corrected chi connectivity index (χ0v) is 18.5. The van der Waals surface area contributed by atoms with Gasteiger partial charge in [0.05, 0.1) is 27.4 Å². The van der Waals surface area contributed by atoms with Crippen molar-refractivity contribution in [3.63, 3.8) is 0 Å². The number of thiazole rings is 1. The molecule has 1 aliphatic heterocycles. The Hall–Kier alpha value is -2.26. The van der Waals surface area contributed by atoms with Crippen molar-refractivity contribution < 1.29 is 9.59 Å². The van der Waals surface area contributed by atoms with Gasteiger partial charge in [-0.1, -0.05) is 23.7 Å². The number of amides is 2. The molecule has 1 aliphatic rings. The highest BCUT2D eigenvalue weighted by atomic mass is 35.5. The monoisotopic (exact) mass is 460 g/mol. The van der Waals surface area contributed by atoms with Crippen LogP contribution in [0.15, 0.2) is 41.8 Å². The summed E-state index contributed by atoms with van der Waals surface area (Å²) in [5.41, 5.74) is 8.00. The van der Waals surface area contributed by atoms with Crippen molar-refractivity contribution >= 4 is 51.8 Å². The van der Waals surface area contributed by atoms with Gasteiger partial charge in [-0.05, 0) is 49.2 Å². The zero-order chi connectivity index (χ0) is 21.1. The lowest BCUT2D eigenvalue weighted by molar-refractivity contribution is -0.122. The predicted octanol–water partition coefficient (Wildman–Crippen LogP) is 4.16. The molecule has 2 amide bonds. The number of nitrogens with zero attached hydrogens (tertiary/aromatic N) is 2. The molecule has 1 atom stereocenters. The number of carbonyl (C=O) groups excluding carboxylic acids is 2. The van der Waals surface area contributed by atoms with Crippen molar-refractivity contribution in [2.75, 3.05) is 11.9 Å². The van der Waals surface area contributed by atoms with E-state index in [4.69, 9.17) is 17.3 Å². The Morgan fingerprint density at radius 1 is 1.30 bits per heavy atom. The summed E-state index contributed by atoms with van der Waals surface area (Å²) < 4.78 is 0.718.